The molecule has 0 saturated carbocycles. The number of hydrogen-bond donors (Lipinski definition) is 2. The van der Waals surface area contributed by atoms with Gasteiger partial charge in [0.05, 0.1) is 5.56 Å². The Labute approximate surface area is 87.7 Å². The molecule has 0 aliphatic heterocycles. The van der Waals surface area contributed by atoms with E-state index < -0.39 is 23.6 Å². The fourth-order valence-electron chi connectivity index (χ4n) is 0.913. The largest absolute Gasteiger partial charge is 0.493 e. The molecule has 0 amide bonds. The second-order valence-corrected chi connectivity index (χ2v) is 2.81. The van der Waals surface area contributed by atoms with E-state index in [0.29, 0.717) is 18.3 Å². The summed E-state index contributed by atoms with van der Waals surface area (Å²) in [5.41, 5.74) is -1.37. The zero-order valence-corrected chi connectivity index (χ0v) is 7.69. The maximum atomic E-state index is 12.2. The molecule has 7 heteroatoms. The van der Waals surface area contributed by atoms with Gasteiger partial charge in [0.2, 0.25) is 5.88 Å². The van der Waals surface area contributed by atoms with E-state index in [4.69, 9.17) is 10.2 Å². The number of aromatic hydroxyl groups is 1. The van der Waals surface area contributed by atoms with Crippen molar-refractivity contribution in [1.29, 1.82) is 0 Å². The number of alkyl halides is 3. The lowest BCUT2D eigenvalue weighted by molar-refractivity contribution is -0.138. The summed E-state index contributed by atoms with van der Waals surface area (Å²) < 4.78 is 36.7. The zero-order chi connectivity index (χ0) is 12.3. The molecule has 16 heavy (non-hydrogen) atoms. The van der Waals surface area contributed by atoms with Crippen molar-refractivity contribution >= 4 is 12.0 Å². The van der Waals surface area contributed by atoms with Gasteiger partial charge in [0, 0.05) is 17.8 Å². The smallest absolute Gasteiger partial charge is 0.417 e. The summed E-state index contributed by atoms with van der Waals surface area (Å²) in [6.07, 6.45) is -2.68. The molecule has 0 radical (unpaired) electrons. The molecule has 0 aromatic carbocycles. The summed E-state index contributed by atoms with van der Waals surface area (Å²) in [4.78, 5) is 13.3. The molecule has 1 rings (SSSR count). The van der Waals surface area contributed by atoms with Crippen LogP contribution in [0.2, 0.25) is 0 Å². The summed E-state index contributed by atoms with van der Waals surface area (Å²) in [5.74, 6) is -2.00. The molecule has 1 heterocycles. The number of carbonyl (C=O) groups is 1. The van der Waals surface area contributed by atoms with Gasteiger partial charge in [0.15, 0.2) is 0 Å². The van der Waals surface area contributed by atoms with Crippen molar-refractivity contribution in [1.82, 2.24) is 4.98 Å². The van der Waals surface area contributed by atoms with Crippen molar-refractivity contribution < 1.29 is 28.2 Å². The average Bonchev–Trinajstić information content (AvgIpc) is 2.14. The fraction of sp³-hybridized carbons (Fsp3) is 0.111. The Balaban J connectivity index is 3.14. The van der Waals surface area contributed by atoms with Crippen LogP contribution >= 0.6 is 0 Å². The standard InChI is InChI=1S/C9H6F3NO3/c10-9(11,12)6-3-5(1-2-7(14)15)8(16)13-4-6/h1-4H,(H,13,16)(H,14,15). The molecule has 1 aromatic heterocycles. The average molecular weight is 233 g/mol. The van der Waals surface area contributed by atoms with Crippen LogP contribution < -0.4 is 0 Å². The number of rotatable bonds is 2. The first-order valence-corrected chi connectivity index (χ1v) is 3.98. The minimum Gasteiger partial charge on any atom is -0.493 e. The van der Waals surface area contributed by atoms with Crippen LogP contribution in [0, 0.1) is 0 Å². The minimum absolute atomic E-state index is 0.308. The van der Waals surface area contributed by atoms with Gasteiger partial charge in [0.1, 0.15) is 0 Å². The minimum atomic E-state index is -4.59. The molecule has 4 nitrogen and oxygen atoms in total. The number of pyridine rings is 1. The van der Waals surface area contributed by atoms with E-state index in [0.717, 1.165) is 6.08 Å². The Morgan fingerprint density at radius 3 is 2.56 bits per heavy atom. The summed E-state index contributed by atoms with van der Waals surface area (Å²) in [7, 11) is 0. The lowest BCUT2D eigenvalue weighted by Gasteiger charge is -2.07. The normalized spacial score (nSPS) is 11.9. The zero-order valence-electron chi connectivity index (χ0n) is 7.69. The number of nitrogens with zero attached hydrogens (tertiary/aromatic N) is 1. The third kappa shape index (κ3) is 2.97. The molecule has 2 N–H and O–H groups in total. The van der Waals surface area contributed by atoms with E-state index in [2.05, 4.69) is 4.98 Å². The Morgan fingerprint density at radius 2 is 2.06 bits per heavy atom. The van der Waals surface area contributed by atoms with E-state index in [1.54, 1.807) is 0 Å². The van der Waals surface area contributed by atoms with Gasteiger partial charge < -0.3 is 10.2 Å². The van der Waals surface area contributed by atoms with Crippen molar-refractivity contribution in [3.05, 3.63) is 29.5 Å². The molecule has 0 bridgehead atoms. The van der Waals surface area contributed by atoms with Crippen molar-refractivity contribution in [3.8, 4) is 5.88 Å². The highest BCUT2D eigenvalue weighted by atomic mass is 19.4. The van der Waals surface area contributed by atoms with E-state index in [-0.39, 0.29) is 5.56 Å². The maximum absolute atomic E-state index is 12.2. The molecule has 0 saturated heterocycles. The number of aromatic nitrogens is 1. The van der Waals surface area contributed by atoms with Crippen LogP contribution in [0.5, 0.6) is 5.88 Å². The van der Waals surface area contributed by atoms with Gasteiger partial charge in [-0.1, -0.05) is 0 Å². The number of hydrogen-bond acceptors (Lipinski definition) is 3. The van der Waals surface area contributed by atoms with Crippen LogP contribution in [-0.2, 0) is 11.0 Å². The van der Waals surface area contributed by atoms with Crippen molar-refractivity contribution in [2.45, 2.75) is 6.18 Å². The molecule has 0 atom stereocenters. The molecule has 0 aliphatic carbocycles. The number of carboxylic acid groups (broad SMARTS) is 1. The molecular formula is C9H6F3NO3. The summed E-state index contributed by atoms with van der Waals surface area (Å²) in [6.45, 7) is 0. The van der Waals surface area contributed by atoms with Crippen LogP contribution in [-0.4, -0.2) is 21.2 Å². The lowest BCUT2D eigenvalue weighted by Crippen LogP contribution is -2.05. The second kappa shape index (κ2) is 4.21. The van der Waals surface area contributed by atoms with Gasteiger partial charge >= 0.3 is 12.1 Å². The number of aliphatic carboxylic acids is 1. The van der Waals surface area contributed by atoms with Gasteiger partial charge in [-0.05, 0) is 12.1 Å². The van der Waals surface area contributed by atoms with Crippen molar-refractivity contribution in [2.24, 2.45) is 0 Å². The molecule has 1 aromatic rings. The predicted octanol–water partition coefficient (Wildman–Crippen LogP) is 1.90. The Bertz CT molecular complexity index is 440. The van der Waals surface area contributed by atoms with Crippen LogP contribution in [0.4, 0.5) is 13.2 Å². The van der Waals surface area contributed by atoms with Gasteiger partial charge in [-0.2, -0.15) is 13.2 Å². The second-order valence-electron chi connectivity index (χ2n) is 2.81. The SMILES string of the molecule is O=C(O)C=Cc1cc(C(F)(F)F)cnc1O. The maximum Gasteiger partial charge on any atom is 0.417 e. The molecule has 0 unspecified atom stereocenters. The third-order valence-electron chi connectivity index (χ3n) is 1.63. The van der Waals surface area contributed by atoms with Gasteiger partial charge in [0.25, 0.3) is 0 Å². The number of carboxylic acids is 1. The summed E-state index contributed by atoms with van der Waals surface area (Å²) >= 11 is 0. The Kier molecular flexibility index (Phi) is 3.17. The molecule has 0 spiro atoms. The summed E-state index contributed by atoms with van der Waals surface area (Å²) in [6, 6.07) is 0.613. The predicted molar refractivity (Wildman–Crippen MR) is 47.6 cm³/mol. The fourth-order valence-corrected chi connectivity index (χ4v) is 0.913. The first-order chi connectivity index (χ1) is 7.30. The highest BCUT2D eigenvalue weighted by molar-refractivity contribution is 5.85. The van der Waals surface area contributed by atoms with Crippen LogP contribution in [0.1, 0.15) is 11.1 Å². The van der Waals surface area contributed by atoms with Gasteiger partial charge in [-0.15, -0.1) is 0 Å². The highest BCUT2D eigenvalue weighted by Gasteiger charge is 2.31. The highest BCUT2D eigenvalue weighted by Crippen LogP contribution is 2.31. The van der Waals surface area contributed by atoms with Crippen LogP contribution in [0.15, 0.2) is 18.3 Å². The Morgan fingerprint density at radius 1 is 1.44 bits per heavy atom. The van der Waals surface area contributed by atoms with Gasteiger partial charge in [-0.3, -0.25) is 0 Å². The monoisotopic (exact) mass is 233 g/mol. The van der Waals surface area contributed by atoms with Crippen molar-refractivity contribution in [3.63, 3.8) is 0 Å². The van der Waals surface area contributed by atoms with E-state index in [1.165, 1.54) is 0 Å². The van der Waals surface area contributed by atoms with E-state index in [9.17, 15) is 18.0 Å². The quantitative estimate of drug-likeness (QED) is 0.765. The first-order valence-electron chi connectivity index (χ1n) is 3.98. The van der Waals surface area contributed by atoms with E-state index >= 15 is 0 Å². The summed E-state index contributed by atoms with van der Waals surface area (Å²) in [5, 5.41) is 17.4. The molecular weight excluding hydrogens is 227 g/mol. The number of halogens is 3. The van der Waals surface area contributed by atoms with Crippen molar-refractivity contribution in [2.75, 3.05) is 0 Å². The molecule has 86 valence electrons. The lowest BCUT2D eigenvalue weighted by atomic mass is 10.2. The van der Waals surface area contributed by atoms with Crippen LogP contribution in [0.3, 0.4) is 0 Å². The molecule has 0 fully saturated rings. The topological polar surface area (TPSA) is 70.4 Å². The third-order valence-corrected chi connectivity index (χ3v) is 1.63. The molecule has 0 aliphatic rings. The first kappa shape index (κ1) is 12.0. The van der Waals surface area contributed by atoms with Crippen LogP contribution in [0.25, 0.3) is 6.08 Å². The van der Waals surface area contributed by atoms with E-state index in [1.807, 2.05) is 0 Å². The Hall–Kier alpha value is -2.05. The van der Waals surface area contributed by atoms with Gasteiger partial charge in [-0.25, -0.2) is 9.78 Å².